The highest BCUT2D eigenvalue weighted by Gasteiger charge is 2.15. The number of hydrogen-bond donors (Lipinski definition) is 1. The van der Waals surface area contributed by atoms with Gasteiger partial charge in [-0.15, -0.1) is 0 Å². The Hall–Kier alpha value is -1.78. The van der Waals surface area contributed by atoms with Crippen molar-refractivity contribution in [2.75, 3.05) is 7.11 Å². The molecule has 1 N–H and O–H groups in total. The lowest BCUT2D eigenvalue weighted by molar-refractivity contribution is 0.0929. The second-order valence-electron chi connectivity index (χ2n) is 6.32. The molecule has 0 saturated carbocycles. The highest BCUT2D eigenvalue weighted by Crippen LogP contribution is 2.36. The van der Waals surface area contributed by atoms with E-state index in [1.807, 2.05) is 26.0 Å². The number of ether oxygens (including phenoxy) is 2. The van der Waals surface area contributed by atoms with Crippen LogP contribution in [-0.4, -0.2) is 25.3 Å². The van der Waals surface area contributed by atoms with Gasteiger partial charge in [-0.05, 0) is 72.3 Å². The van der Waals surface area contributed by atoms with Gasteiger partial charge < -0.3 is 13.9 Å². The van der Waals surface area contributed by atoms with Crippen LogP contribution >= 0.6 is 50.1 Å². The van der Waals surface area contributed by atoms with Gasteiger partial charge in [-0.3, -0.25) is 4.79 Å². The van der Waals surface area contributed by atoms with E-state index >= 15 is 0 Å². The van der Waals surface area contributed by atoms with Gasteiger partial charge in [0, 0.05) is 9.86 Å². The van der Waals surface area contributed by atoms with Gasteiger partial charge in [-0.2, -0.15) is 5.10 Å². The van der Waals surface area contributed by atoms with Crippen molar-refractivity contribution in [1.82, 2.24) is 5.43 Å². The van der Waals surface area contributed by atoms with E-state index in [2.05, 4.69) is 49.0 Å². The summed E-state index contributed by atoms with van der Waals surface area (Å²) < 4.78 is 18.5. The summed E-state index contributed by atoms with van der Waals surface area (Å²) in [6, 6.07) is 8.87. The van der Waals surface area contributed by atoms with Gasteiger partial charge in [-0.25, -0.2) is 5.43 Å². The number of nitrogens with zero attached hydrogens (tertiary/aromatic N) is 1. The molecule has 3 rings (SSSR count). The molecule has 0 unspecified atom stereocenters. The molecule has 1 amide bonds. The van der Waals surface area contributed by atoms with E-state index in [9.17, 15) is 4.79 Å². The molecule has 3 aromatic rings. The van der Waals surface area contributed by atoms with Gasteiger partial charge in [-0.1, -0.05) is 27.5 Å². The van der Waals surface area contributed by atoms with E-state index in [4.69, 9.17) is 25.5 Å². The summed E-state index contributed by atoms with van der Waals surface area (Å²) in [6.45, 7) is 3.80. The quantitative estimate of drug-likeness (QED) is 0.217. The maximum absolute atomic E-state index is 12.4. The summed E-state index contributed by atoms with van der Waals surface area (Å²) in [5.41, 5.74) is 3.75. The predicted octanol–water partition coefficient (Wildman–Crippen LogP) is 6.01. The number of halogens is 3. The van der Waals surface area contributed by atoms with Crippen LogP contribution in [0.25, 0.3) is 11.0 Å². The van der Waals surface area contributed by atoms with E-state index in [-0.39, 0.29) is 11.9 Å². The molecule has 0 spiro atoms. The number of methoxy groups -OCH3 is 1. The zero-order valence-corrected chi connectivity index (χ0v) is 20.3. The molecule has 0 radical (unpaired) electrons. The first-order valence-electron chi connectivity index (χ1n) is 8.54. The molecule has 0 saturated heterocycles. The number of amides is 1. The first kappa shape index (κ1) is 21.9. The van der Waals surface area contributed by atoms with Crippen molar-refractivity contribution in [2.45, 2.75) is 20.0 Å². The van der Waals surface area contributed by atoms with E-state index in [0.29, 0.717) is 27.7 Å². The molecule has 0 aliphatic heterocycles. The minimum absolute atomic E-state index is 0.0484. The smallest absolute Gasteiger partial charge is 0.307 e. The number of rotatable bonds is 6. The summed E-state index contributed by atoms with van der Waals surface area (Å²) in [6.07, 6.45) is 1.42. The number of furan rings is 1. The normalized spacial score (nSPS) is 11.4. The van der Waals surface area contributed by atoms with E-state index in [1.54, 1.807) is 18.2 Å². The van der Waals surface area contributed by atoms with Gasteiger partial charge in [0.2, 0.25) is 0 Å². The van der Waals surface area contributed by atoms with Gasteiger partial charge in [0.15, 0.2) is 17.3 Å². The lowest BCUT2D eigenvalue weighted by Crippen LogP contribution is -2.16. The van der Waals surface area contributed by atoms with Crippen LogP contribution in [0.15, 0.2) is 44.3 Å². The van der Waals surface area contributed by atoms with Crippen LogP contribution in [-0.2, 0) is 0 Å². The molecule has 152 valence electrons. The predicted molar refractivity (Wildman–Crippen MR) is 125 cm³/mol. The van der Waals surface area contributed by atoms with Crippen molar-refractivity contribution in [1.29, 1.82) is 0 Å². The van der Waals surface area contributed by atoms with Crippen LogP contribution in [0.2, 0.25) is 5.02 Å². The van der Waals surface area contributed by atoms with Gasteiger partial charge >= 0.3 is 5.91 Å². The Labute approximate surface area is 194 Å². The first-order chi connectivity index (χ1) is 13.8. The largest absolute Gasteiger partial charge is 0.493 e. The molecule has 1 aromatic heterocycles. The number of hydrogen-bond acceptors (Lipinski definition) is 5. The maximum Gasteiger partial charge on any atom is 0.307 e. The van der Waals surface area contributed by atoms with Gasteiger partial charge in [0.05, 0.1) is 28.0 Å². The van der Waals surface area contributed by atoms with Crippen LogP contribution in [0.3, 0.4) is 0 Å². The number of carbonyl (C=O) groups excluding carboxylic acids is 1. The monoisotopic (exact) mass is 590 g/mol. The van der Waals surface area contributed by atoms with Crippen molar-refractivity contribution < 1.29 is 18.7 Å². The standard InChI is InChI=1S/C20H17BrClIN2O4/c1-10(2)28-19-14(22)4-11(5-16(19)27-3)9-24-25-20(26)17-7-12-6-13(21)8-15(23)18(12)29-17/h4-10H,1-3H3,(H,25,26)/b24-9-. The Morgan fingerprint density at radius 1 is 1.31 bits per heavy atom. The fourth-order valence-corrected chi connectivity index (χ4v) is 4.50. The highest BCUT2D eigenvalue weighted by molar-refractivity contribution is 14.1. The maximum atomic E-state index is 12.4. The lowest BCUT2D eigenvalue weighted by atomic mass is 10.2. The number of nitrogens with one attached hydrogen (secondary N) is 1. The Morgan fingerprint density at radius 3 is 2.76 bits per heavy atom. The molecule has 0 aliphatic rings. The summed E-state index contributed by atoms with van der Waals surface area (Å²) in [5.74, 6) is 0.663. The Morgan fingerprint density at radius 2 is 2.07 bits per heavy atom. The Bertz CT molecular complexity index is 1100. The fraction of sp³-hybridized carbons (Fsp3) is 0.200. The van der Waals surface area contributed by atoms with Crippen LogP contribution < -0.4 is 14.9 Å². The molecule has 0 aliphatic carbocycles. The van der Waals surface area contributed by atoms with Crippen LogP contribution in [0.4, 0.5) is 0 Å². The zero-order chi connectivity index (χ0) is 21.1. The average Bonchev–Trinajstić information content (AvgIpc) is 3.07. The zero-order valence-electron chi connectivity index (χ0n) is 15.8. The fourth-order valence-electron chi connectivity index (χ4n) is 2.57. The third-order valence-electron chi connectivity index (χ3n) is 3.74. The number of carbonyl (C=O) groups is 1. The minimum atomic E-state index is -0.456. The van der Waals surface area contributed by atoms with E-state index in [1.165, 1.54) is 13.3 Å². The highest BCUT2D eigenvalue weighted by atomic mass is 127. The Kier molecular flexibility index (Phi) is 7.07. The molecule has 2 aromatic carbocycles. The summed E-state index contributed by atoms with van der Waals surface area (Å²) in [5, 5.41) is 5.21. The summed E-state index contributed by atoms with van der Waals surface area (Å²) in [4.78, 5) is 12.4. The van der Waals surface area contributed by atoms with Gasteiger partial charge in [0.25, 0.3) is 0 Å². The van der Waals surface area contributed by atoms with E-state index in [0.717, 1.165) is 13.4 Å². The second-order valence-corrected chi connectivity index (χ2v) is 8.80. The van der Waals surface area contributed by atoms with E-state index < -0.39 is 5.91 Å². The van der Waals surface area contributed by atoms with Crippen molar-refractivity contribution in [2.24, 2.45) is 5.10 Å². The SMILES string of the molecule is COc1cc(/C=N\NC(=O)c2cc3cc(Br)cc(I)c3o2)cc(Cl)c1OC(C)C. The average molecular weight is 592 g/mol. The van der Waals surface area contributed by atoms with Crippen LogP contribution in [0, 0.1) is 3.57 Å². The van der Waals surface area contributed by atoms with Crippen LogP contribution in [0.1, 0.15) is 30.0 Å². The Balaban J connectivity index is 1.76. The molecule has 1 heterocycles. The number of fused-ring (bicyclic) bond motifs is 1. The first-order valence-corrected chi connectivity index (χ1v) is 10.8. The number of hydrazone groups is 1. The van der Waals surface area contributed by atoms with Gasteiger partial charge in [0.1, 0.15) is 5.58 Å². The molecule has 6 nitrogen and oxygen atoms in total. The molecule has 29 heavy (non-hydrogen) atoms. The second kappa shape index (κ2) is 9.36. The topological polar surface area (TPSA) is 73.1 Å². The summed E-state index contributed by atoms with van der Waals surface area (Å²) in [7, 11) is 1.53. The molecule has 0 bridgehead atoms. The molecular formula is C20H17BrClIN2O4. The lowest BCUT2D eigenvalue weighted by Gasteiger charge is -2.15. The third-order valence-corrected chi connectivity index (χ3v) is 5.28. The molecule has 9 heteroatoms. The van der Waals surface area contributed by atoms with Crippen molar-refractivity contribution in [3.8, 4) is 11.5 Å². The van der Waals surface area contributed by atoms with Crippen molar-refractivity contribution >= 4 is 73.2 Å². The molecule has 0 atom stereocenters. The van der Waals surface area contributed by atoms with Crippen molar-refractivity contribution in [3.63, 3.8) is 0 Å². The minimum Gasteiger partial charge on any atom is -0.493 e. The summed E-state index contributed by atoms with van der Waals surface area (Å²) >= 11 is 11.9. The van der Waals surface area contributed by atoms with Crippen molar-refractivity contribution in [3.05, 3.63) is 54.7 Å². The molecule has 0 fully saturated rings. The molecular weight excluding hydrogens is 574 g/mol. The van der Waals surface area contributed by atoms with Crippen LogP contribution in [0.5, 0.6) is 11.5 Å². The number of benzene rings is 2. The third kappa shape index (κ3) is 5.23.